The quantitative estimate of drug-likeness (QED) is 0.798. The number of piperidine rings is 1. The van der Waals surface area contributed by atoms with Gasteiger partial charge in [0, 0.05) is 13.1 Å². The van der Waals surface area contributed by atoms with Crippen LogP contribution in [0.15, 0.2) is 29.8 Å². The van der Waals surface area contributed by atoms with Crippen molar-refractivity contribution in [3.05, 3.63) is 40.9 Å². The van der Waals surface area contributed by atoms with E-state index in [-0.39, 0.29) is 0 Å². The third-order valence-corrected chi connectivity index (χ3v) is 5.55. The number of rotatable bonds is 1. The zero-order chi connectivity index (χ0) is 12.7. The van der Waals surface area contributed by atoms with Crippen LogP contribution in [0.1, 0.15) is 30.4 Å². The molecule has 1 aliphatic carbocycles. The average molecular weight is 271 g/mol. The standard InChI is InChI=1S/C15H17N3S/c1-2-4-13-12(3-1)5-6-15(13)7-9-18(10-8-15)14-17-16-11-19-14/h1-4,11H,5-10H2. The summed E-state index contributed by atoms with van der Waals surface area (Å²) in [7, 11) is 0. The Morgan fingerprint density at radius 2 is 1.95 bits per heavy atom. The molecule has 19 heavy (non-hydrogen) atoms. The summed E-state index contributed by atoms with van der Waals surface area (Å²) in [5.74, 6) is 0. The van der Waals surface area contributed by atoms with E-state index in [1.54, 1.807) is 22.5 Å². The average Bonchev–Trinajstić information content (AvgIpc) is 3.10. The first-order valence-corrected chi connectivity index (χ1v) is 7.85. The van der Waals surface area contributed by atoms with Crippen LogP contribution in [0.2, 0.25) is 0 Å². The summed E-state index contributed by atoms with van der Waals surface area (Å²) in [6.45, 7) is 2.23. The number of hydrogen-bond acceptors (Lipinski definition) is 4. The Morgan fingerprint density at radius 3 is 2.74 bits per heavy atom. The van der Waals surface area contributed by atoms with E-state index in [1.165, 1.54) is 25.7 Å². The van der Waals surface area contributed by atoms with Gasteiger partial charge < -0.3 is 4.90 Å². The van der Waals surface area contributed by atoms with Gasteiger partial charge >= 0.3 is 0 Å². The molecular weight excluding hydrogens is 254 g/mol. The smallest absolute Gasteiger partial charge is 0.208 e. The molecule has 0 N–H and O–H groups in total. The zero-order valence-electron chi connectivity index (χ0n) is 10.9. The third kappa shape index (κ3) is 1.77. The van der Waals surface area contributed by atoms with Gasteiger partial charge in [0.15, 0.2) is 0 Å². The fourth-order valence-corrected chi connectivity index (χ4v) is 4.33. The van der Waals surface area contributed by atoms with E-state index in [0.717, 1.165) is 18.2 Å². The van der Waals surface area contributed by atoms with Crippen molar-refractivity contribution in [2.24, 2.45) is 0 Å². The minimum absolute atomic E-state index is 0.442. The van der Waals surface area contributed by atoms with Crippen LogP contribution < -0.4 is 4.90 Å². The summed E-state index contributed by atoms with van der Waals surface area (Å²) in [6.07, 6.45) is 5.10. The number of nitrogens with zero attached hydrogens (tertiary/aromatic N) is 3. The monoisotopic (exact) mass is 271 g/mol. The second-order valence-electron chi connectivity index (χ2n) is 5.65. The topological polar surface area (TPSA) is 29.0 Å². The van der Waals surface area contributed by atoms with Gasteiger partial charge in [-0.2, -0.15) is 0 Å². The van der Waals surface area contributed by atoms with Gasteiger partial charge in [0.1, 0.15) is 5.51 Å². The molecule has 2 aliphatic rings. The van der Waals surface area contributed by atoms with Crippen molar-refractivity contribution in [3.63, 3.8) is 0 Å². The fraction of sp³-hybridized carbons (Fsp3) is 0.467. The van der Waals surface area contributed by atoms with Crippen LogP contribution in [0.25, 0.3) is 0 Å². The Morgan fingerprint density at radius 1 is 1.11 bits per heavy atom. The SMILES string of the molecule is c1ccc2c(c1)CCC21CCN(c2nncs2)CC1. The Hall–Kier alpha value is -1.42. The van der Waals surface area contributed by atoms with Crippen LogP contribution in [0.3, 0.4) is 0 Å². The summed E-state index contributed by atoms with van der Waals surface area (Å²) in [5, 5.41) is 9.23. The van der Waals surface area contributed by atoms with Crippen LogP contribution in [-0.4, -0.2) is 23.3 Å². The van der Waals surface area contributed by atoms with E-state index in [2.05, 4.69) is 39.4 Å². The summed E-state index contributed by atoms with van der Waals surface area (Å²) in [6, 6.07) is 9.03. The molecule has 0 bridgehead atoms. The normalized spacial score (nSPS) is 20.7. The lowest BCUT2D eigenvalue weighted by atomic mass is 9.74. The molecule has 0 unspecified atom stereocenters. The van der Waals surface area contributed by atoms with Gasteiger partial charge in [-0.1, -0.05) is 35.6 Å². The molecular formula is C15H17N3S. The van der Waals surface area contributed by atoms with Gasteiger partial charge in [0.25, 0.3) is 0 Å². The van der Waals surface area contributed by atoms with E-state index < -0.39 is 0 Å². The van der Waals surface area contributed by atoms with E-state index in [1.807, 2.05) is 5.51 Å². The number of aryl methyl sites for hydroxylation is 1. The Labute approximate surface area is 117 Å². The van der Waals surface area contributed by atoms with Crippen LogP contribution in [0, 0.1) is 0 Å². The highest BCUT2D eigenvalue weighted by atomic mass is 32.1. The van der Waals surface area contributed by atoms with Crippen molar-refractivity contribution in [1.82, 2.24) is 10.2 Å². The van der Waals surface area contributed by atoms with Crippen molar-refractivity contribution in [3.8, 4) is 0 Å². The minimum Gasteiger partial charge on any atom is -0.347 e. The van der Waals surface area contributed by atoms with E-state index >= 15 is 0 Å². The molecule has 0 radical (unpaired) electrons. The van der Waals surface area contributed by atoms with Crippen molar-refractivity contribution < 1.29 is 0 Å². The molecule has 2 heterocycles. The number of anilines is 1. The highest BCUT2D eigenvalue weighted by molar-refractivity contribution is 7.13. The number of benzene rings is 1. The Balaban J connectivity index is 1.57. The molecule has 4 rings (SSSR count). The van der Waals surface area contributed by atoms with Crippen LogP contribution in [-0.2, 0) is 11.8 Å². The zero-order valence-corrected chi connectivity index (χ0v) is 11.7. The third-order valence-electron chi connectivity index (χ3n) is 4.80. The molecule has 1 aliphatic heterocycles. The molecule has 2 aromatic rings. The summed E-state index contributed by atoms with van der Waals surface area (Å²) in [4.78, 5) is 2.39. The maximum atomic E-state index is 4.19. The second kappa shape index (κ2) is 4.30. The molecule has 98 valence electrons. The molecule has 1 spiro atoms. The summed E-state index contributed by atoms with van der Waals surface area (Å²) in [5.41, 5.74) is 5.46. The Bertz CT molecular complexity index is 571. The van der Waals surface area contributed by atoms with E-state index in [4.69, 9.17) is 0 Å². The van der Waals surface area contributed by atoms with E-state index in [9.17, 15) is 0 Å². The predicted octanol–water partition coefficient (Wildman–Crippen LogP) is 3.02. The maximum Gasteiger partial charge on any atom is 0.208 e. The molecule has 1 fully saturated rings. The lowest BCUT2D eigenvalue weighted by molar-refractivity contribution is 0.330. The molecule has 3 nitrogen and oxygen atoms in total. The van der Waals surface area contributed by atoms with Gasteiger partial charge in [-0.3, -0.25) is 0 Å². The fourth-order valence-electron chi connectivity index (χ4n) is 3.71. The molecule has 0 amide bonds. The van der Waals surface area contributed by atoms with Crippen molar-refractivity contribution in [2.75, 3.05) is 18.0 Å². The molecule has 1 aromatic heterocycles. The maximum absolute atomic E-state index is 4.19. The predicted molar refractivity (Wildman–Crippen MR) is 77.8 cm³/mol. The number of hydrogen-bond donors (Lipinski definition) is 0. The second-order valence-corrected chi connectivity index (χ2v) is 6.46. The van der Waals surface area contributed by atoms with Gasteiger partial charge in [-0.15, -0.1) is 10.2 Å². The minimum atomic E-state index is 0.442. The Kier molecular flexibility index (Phi) is 2.58. The molecule has 1 aromatic carbocycles. The van der Waals surface area contributed by atoms with Gasteiger partial charge in [0.05, 0.1) is 0 Å². The van der Waals surface area contributed by atoms with Crippen LogP contribution in [0.4, 0.5) is 5.13 Å². The lowest BCUT2D eigenvalue weighted by Crippen LogP contribution is -2.41. The van der Waals surface area contributed by atoms with Crippen LogP contribution in [0.5, 0.6) is 0 Å². The molecule has 0 atom stereocenters. The first-order valence-electron chi connectivity index (χ1n) is 6.97. The summed E-state index contributed by atoms with van der Waals surface area (Å²) < 4.78 is 0. The lowest BCUT2D eigenvalue weighted by Gasteiger charge is -2.40. The highest BCUT2D eigenvalue weighted by Crippen LogP contribution is 2.46. The highest BCUT2D eigenvalue weighted by Gasteiger charge is 2.41. The largest absolute Gasteiger partial charge is 0.347 e. The van der Waals surface area contributed by atoms with Crippen molar-refractivity contribution in [1.29, 1.82) is 0 Å². The van der Waals surface area contributed by atoms with Crippen molar-refractivity contribution in [2.45, 2.75) is 31.1 Å². The number of fused-ring (bicyclic) bond motifs is 2. The molecule has 0 saturated carbocycles. The van der Waals surface area contributed by atoms with Gasteiger partial charge in [0.2, 0.25) is 5.13 Å². The summed E-state index contributed by atoms with van der Waals surface area (Å²) >= 11 is 1.65. The first kappa shape index (κ1) is 11.4. The first-order chi connectivity index (χ1) is 9.37. The number of aromatic nitrogens is 2. The van der Waals surface area contributed by atoms with Crippen LogP contribution >= 0.6 is 11.3 Å². The molecule has 1 saturated heterocycles. The van der Waals surface area contributed by atoms with Crippen molar-refractivity contribution >= 4 is 16.5 Å². The van der Waals surface area contributed by atoms with Gasteiger partial charge in [-0.25, -0.2) is 0 Å². The van der Waals surface area contributed by atoms with E-state index in [0.29, 0.717) is 5.41 Å². The van der Waals surface area contributed by atoms with Gasteiger partial charge in [-0.05, 0) is 42.2 Å². The molecule has 4 heteroatoms.